The summed E-state index contributed by atoms with van der Waals surface area (Å²) < 4.78 is 0. The Bertz CT molecular complexity index is 520. The molecule has 0 bridgehead atoms. The fraction of sp³-hybridized carbons (Fsp3) is 0.611. The highest BCUT2D eigenvalue weighted by molar-refractivity contribution is 5.95. The van der Waals surface area contributed by atoms with Crippen molar-refractivity contribution in [2.45, 2.75) is 52.0 Å². The summed E-state index contributed by atoms with van der Waals surface area (Å²) in [7, 11) is 0. The van der Waals surface area contributed by atoms with Crippen molar-refractivity contribution in [3.8, 4) is 0 Å². The van der Waals surface area contributed by atoms with E-state index in [9.17, 15) is 4.79 Å². The van der Waals surface area contributed by atoms with Gasteiger partial charge in [0, 0.05) is 23.8 Å². The van der Waals surface area contributed by atoms with Gasteiger partial charge in [-0.3, -0.25) is 4.79 Å². The van der Waals surface area contributed by atoms with Crippen LogP contribution in [0.4, 0.5) is 5.69 Å². The van der Waals surface area contributed by atoms with E-state index in [0.29, 0.717) is 17.6 Å². The monoisotopic (exact) mass is 286 g/mol. The predicted octanol–water partition coefficient (Wildman–Crippen LogP) is 3.62. The maximum atomic E-state index is 12.9. The quantitative estimate of drug-likeness (QED) is 0.801. The lowest BCUT2D eigenvalue weighted by Gasteiger charge is -2.47. The van der Waals surface area contributed by atoms with Gasteiger partial charge in [-0.2, -0.15) is 0 Å². The molecule has 1 saturated heterocycles. The van der Waals surface area contributed by atoms with E-state index in [1.807, 2.05) is 25.1 Å². The van der Waals surface area contributed by atoms with E-state index in [4.69, 9.17) is 5.73 Å². The fourth-order valence-electron chi connectivity index (χ4n) is 4.27. The molecule has 0 aromatic heterocycles. The molecular weight excluding hydrogens is 260 g/mol. The minimum atomic E-state index is 0.175. The molecule has 2 aliphatic rings. The molecule has 1 heterocycles. The van der Waals surface area contributed by atoms with Crippen molar-refractivity contribution in [3.63, 3.8) is 0 Å². The number of fused-ring (bicyclic) bond motifs is 1. The molecule has 3 unspecified atom stereocenters. The Labute approximate surface area is 127 Å². The first-order chi connectivity index (χ1) is 10.1. The molecule has 3 atom stereocenters. The van der Waals surface area contributed by atoms with E-state index in [1.165, 1.54) is 25.7 Å². The highest BCUT2D eigenvalue weighted by atomic mass is 16.2. The summed E-state index contributed by atoms with van der Waals surface area (Å²) in [6.07, 6.45) is 6.17. The molecule has 1 aromatic rings. The Kier molecular flexibility index (Phi) is 3.92. The van der Waals surface area contributed by atoms with Gasteiger partial charge in [0.2, 0.25) is 0 Å². The Morgan fingerprint density at radius 3 is 2.71 bits per heavy atom. The summed E-state index contributed by atoms with van der Waals surface area (Å²) in [6.45, 7) is 5.25. The van der Waals surface area contributed by atoms with Crippen molar-refractivity contribution in [2.24, 2.45) is 11.8 Å². The van der Waals surface area contributed by atoms with E-state index in [0.717, 1.165) is 30.0 Å². The molecule has 0 radical (unpaired) electrons. The number of carbonyl (C=O) groups is 1. The molecule has 1 saturated carbocycles. The maximum absolute atomic E-state index is 12.9. The number of benzene rings is 1. The van der Waals surface area contributed by atoms with Gasteiger partial charge in [-0.15, -0.1) is 0 Å². The number of aryl methyl sites for hydroxylation is 1. The number of amides is 1. The Balaban J connectivity index is 1.86. The van der Waals surface area contributed by atoms with Crippen molar-refractivity contribution in [1.82, 2.24) is 4.90 Å². The van der Waals surface area contributed by atoms with Crippen LogP contribution < -0.4 is 5.73 Å². The first kappa shape index (κ1) is 14.4. The van der Waals surface area contributed by atoms with E-state index < -0.39 is 0 Å². The van der Waals surface area contributed by atoms with Gasteiger partial charge in [-0.1, -0.05) is 19.8 Å². The van der Waals surface area contributed by atoms with Gasteiger partial charge in [-0.05, 0) is 61.8 Å². The van der Waals surface area contributed by atoms with E-state index in [1.54, 1.807) is 0 Å². The lowest BCUT2D eigenvalue weighted by Crippen LogP contribution is -2.52. The molecule has 3 nitrogen and oxygen atoms in total. The van der Waals surface area contributed by atoms with Crippen LogP contribution >= 0.6 is 0 Å². The average molecular weight is 286 g/mol. The van der Waals surface area contributed by atoms with Gasteiger partial charge < -0.3 is 10.6 Å². The van der Waals surface area contributed by atoms with Gasteiger partial charge in [0.05, 0.1) is 0 Å². The normalized spacial score (nSPS) is 29.0. The minimum absolute atomic E-state index is 0.175. The molecular formula is C18H26N2O. The zero-order valence-corrected chi connectivity index (χ0v) is 13.1. The van der Waals surface area contributed by atoms with Crippen LogP contribution in [0.1, 0.15) is 54.9 Å². The predicted molar refractivity (Wildman–Crippen MR) is 86.2 cm³/mol. The second kappa shape index (κ2) is 5.70. The van der Waals surface area contributed by atoms with Crippen LogP contribution in [-0.4, -0.2) is 23.4 Å². The van der Waals surface area contributed by atoms with Crippen LogP contribution in [0.2, 0.25) is 0 Å². The van der Waals surface area contributed by atoms with Crippen molar-refractivity contribution in [3.05, 3.63) is 29.3 Å². The molecule has 21 heavy (non-hydrogen) atoms. The summed E-state index contributed by atoms with van der Waals surface area (Å²) in [6, 6.07) is 6.15. The summed E-state index contributed by atoms with van der Waals surface area (Å²) >= 11 is 0. The molecule has 1 aliphatic heterocycles. The third kappa shape index (κ3) is 2.78. The van der Waals surface area contributed by atoms with Crippen LogP contribution in [0.3, 0.4) is 0 Å². The number of carbonyl (C=O) groups excluding carboxylic acids is 1. The summed E-state index contributed by atoms with van der Waals surface area (Å²) in [5.74, 6) is 1.62. The fourth-order valence-corrected chi connectivity index (χ4v) is 4.27. The first-order valence-electron chi connectivity index (χ1n) is 8.24. The zero-order valence-electron chi connectivity index (χ0n) is 13.1. The highest BCUT2D eigenvalue weighted by Crippen LogP contribution is 2.39. The molecule has 2 N–H and O–H groups in total. The van der Waals surface area contributed by atoms with Crippen LogP contribution in [0.25, 0.3) is 0 Å². The third-order valence-electron chi connectivity index (χ3n) is 5.35. The third-order valence-corrected chi connectivity index (χ3v) is 5.35. The molecule has 1 aliphatic carbocycles. The largest absolute Gasteiger partial charge is 0.399 e. The van der Waals surface area contributed by atoms with E-state index >= 15 is 0 Å². The summed E-state index contributed by atoms with van der Waals surface area (Å²) in [5, 5.41) is 0. The average Bonchev–Trinajstić information content (AvgIpc) is 2.46. The van der Waals surface area contributed by atoms with Gasteiger partial charge >= 0.3 is 0 Å². The molecule has 3 rings (SSSR count). The number of hydrogen-bond donors (Lipinski definition) is 1. The molecule has 3 heteroatoms. The summed E-state index contributed by atoms with van der Waals surface area (Å²) in [4.78, 5) is 15.1. The number of nitrogens with two attached hydrogens (primary N) is 1. The molecule has 1 amide bonds. The van der Waals surface area contributed by atoms with Crippen molar-refractivity contribution >= 4 is 11.6 Å². The van der Waals surface area contributed by atoms with Crippen molar-refractivity contribution in [2.75, 3.05) is 12.3 Å². The van der Waals surface area contributed by atoms with Crippen LogP contribution in [0, 0.1) is 18.8 Å². The lowest BCUT2D eigenvalue weighted by atomic mass is 9.72. The van der Waals surface area contributed by atoms with Gasteiger partial charge in [0.1, 0.15) is 0 Å². The molecule has 2 fully saturated rings. The molecule has 114 valence electrons. The van der Waals surface area contributed by atoms with E-state index in [-0.39, 0.29) is 5.91 Å². The number of hydrogen-bond acceptors (Lipinski definition) is 2. The van der Waals surface area contributed by atoms with Gasteiger partial charge in [0.15, 0.2) is 0 Å². The zero-order chi connectivity index (χ0) is 15.0. The Hall–Kier alpha value is -1.51. The second-order valence-corrected chi connectivity index (χ2v) is 6.91. The van der Waals surface area contributed by atoms with Crippen LogP contribution in [0.15, 0.2) is 18.2 Å². The maximum Gasteiger partial charge on any atom is 0.254 e. The van der Waals surface area contributed by atoms with Crippen LogP contribution in [0.5, 0.6) is 0 Å². The molecule has 0 spiro atoms. The van der Waals surface area contributed by atoms with Crippen molar-refractivity contribution in [1.29, 1.82) is 0 Å². The first-order valence-corrected chi connectivity index (χ1v) is 8.24. The highest BCUT2D eigenvalue weighted by Gasteiger charge is 2.39. The lowest BCUT2D eigenvalue weighted by molar-refractivity contribution is 0.0217. The standard InChI is InChI=1S/C18H26N2O/c1-12-9-14(11-15(19)10-12)18(21)20-8-7-13(2)16-5-3-4-6-17(16)20/h9-11,13,16-17H,3-8,19H2,1-2H3. The SMILES string of the molecule is Cc1cc(N)cc(C(=O)N2CCC(C)C3CCCCC32)c1. The van der Waals surface area contributed by atoms with E-state index in [2.05, 4.69) is 11.8 Å². The van der Waals surface area contributed by atoms with Gasteiger partial charge in [-0.25, -0.2) is 0 Å². The van der Waals surface area contributed by atoms with Gasteiger partial charge in [0.25, 0.3) is 5.91 Å². The minimum Gasteiger partial charge on any atom is -0.399 e. The number of nitrogens with zero attached hydrogens (tertiary/aromatic N) is 1. The van der Waals surface area contributed by atoms with Crippen LogP contribution in [-0.2, 0) is 0 Å². The topological polar surface area (TPSA) is 46.3 Å². The van der Waals surface area contributed by atoms with Crippen molar-refractivity contribution < 1.29 is 4.79 Å². The number of nitrogen functional groups attached to an aromatic ring is 1. The summed E-state index contributed by atoms with van der Waals surface area (Å²) in [5.41, 5.74) is 8.41. The second-order valence-electron chi connectivity index (χ2n) is 6.91. The number of rotatable bonds is 1. The number of anilines is 1. The number of piperidine rings is 1. The Morgan fingerprint density at radius 1 is 1.19 bits per heavy atom. The Morgan fingerprint density at radius 2 is 1.95 bits per heavy atom. The smallest absolute Gasteiger partial charge is 0.254 e. The molecule has 1 aromatic carbocycles. The number of likely N-dealkylation sites (tertiary alicyclic amines) is 1.